The third kappa shape index (κ3) is 2.39. The van der Waals surface area contributed by atoms with Gasteiger partial charge in [-0.1, -0.05) is 0 Å². The van der Waals surface area contributed by atoms with Crippen molar-refractivity contribution in [3.63, 3.8) is 0 Å². The van der Waals surface area contributed by atoms with Crippen molar-refractivity contribution >= 4 is 0 Å². The van der Waals surface area contributed by atoms with Crippen LogP contribution in [0, 0.1) is 25.2 Å². The molecule has 0 atom stereocenters. The monoisotopic (exact) mass is 269 g/mol. The number of aromatic amines is 1. The van der Waals surface area contributed by atoms with Gasteiger partial charge in [-0.05, 0) is 51.0 Å². The highest BCUT2D eigenvalue weighted by Crippen LogP contribution is 2.30. The average molecular weight is 269 g/mol. The summed E-state index contributed by atoms with van der Waals surface area (Å²) in [5.74, 6) is 1.59. The molecule has 1 aromatic heterocycles. The van der Waals surface area contributed by atoms with Gasteiger partial charge in [-0.25, -0.2) is 4.98 Å². The van der Waals surface area contributed by atoms with Gasteiger partial charge < -0.3 is 9.72 Å². The SMILES string of the molecule is COc1c(C)cc(-c2cnc(C(C)(C)C#N)[nH]2)cc1C. The largest absolute Gasteiger partial charge is 0.496 e. The number of rotatable bonds is 3. The average Bonchev–Trinajstić information content (AvgIpc) is 2.88. The van der Waals surface area contributed by atoms with Crippen LogP contribution in [-0.4, -0.2) is 17.1 Å². The quantitative estimate of drug-likeness (QED) is 0.927. The Balaban J connectivity index is 2.46. The van der Waals surface area contributed by atoms with Gasteiger partial charge >= 0.3 is 0 Å². The molecule has 0 bridgehead atoms. The molecule has 2 rings (SSSR count). The number of nitrogens with zero attached hydrogens (tertiary/aromatic N) is 2. The van der Waals surface area contributed by atoms with Crippen LogP contribution in [0.1, 0.15) is 30.8 Å². The highest BCUT2D eigenvalue weighted by molar-refractivity contribution is 5.64. The maximum atomic E-state index is 9.16. The predicted octanol–water partition coefficient (Wildman–Crippen LogP) is 3.50. The Morgan fingerprint density at radius 1 is 1.25 bits per heavy atom. The normalized spacial score (nSPS) is 11.2. The summed E-state index contributed by atoms with van der Waals surface area (Å²) in [5.41, 5.74) is 3.51. The first kappa shape index (κ1) is 14.1. The van der Waals surface area contributed by atoms with Crippen molar-refractivity contribution in [3.8, 4) is 23.1 Å². The van der Waals surface area contributed by atoms with Crippen molar-refractivity contribution in [3.05, 3.63) is 35.3 Å². The lowest BCUT2D eigenvalue weighted by Crippen LogP contribution is -2.15. The Kier molecular flexibility index (Phi) is 3.54. The Hall–Kier alpha value is -2.28. The fourth-order valence-electron chi connectivity index (χ4n) is 2.27. The van der Waals surface area contributed by atoms with E-state index in [1.54, 1.807) is 13.3 Å². The zero-order valence-electron chi connectivity index (χ0n) is 12.5. The second kappa shape index (κ2) is 5.01. The van der Waals surface area contributed by atoms with Crippen LogP contribution in [-0.2, 0) is 5.41 Å². The van der Waals surface area contributed by atoms with Crippen molar-refractivity contribution in [1.82, 2.24) is 9.97 Å². The van der Waals surface area contributed by atoms with E-state index >= 15 is 0 Å². The summed E-state index contributed by atoms with van der Waals surface area (Å²) in [6.07, 6.45) is 1.77. The first-order valence-electron chi connectivity index (χ1n) is 6.51. The van der Waals surface area contributed by atoms with Crippen LogP contribution in [0.3, 0.4) is 0 Å². The third-order valence-electron chi connectivity index (χ3n) is 3.42. The van der Waals surface area contributed by atoms with E-state index in [1.165, 1.54) is 0 Å². The highest BCUT2D eigenvalue weighted by Gasteiger charge is 2.23. The number of hydrogen-bond donors (Lipinski definition) is 1. The molecule has 0 aliphatic heterocycles. The molecule has 0 amide bonds. The maximum Gasteiger partial charge on any atom is 0.126 e. The predicted molar refractivity (Wildman–Crippen MR) is 78.7 cm³/mol. The van der Waals surface area contributed by atoms with Crippen LogP contribution in [0.2, 0.25) is 0 Å². The summed E-state index contributed by atoms with van der Waals surface area (Å²) in [4.78, 5) is 7.57. The minimum absolute atomic E-state index is 0.616. The number of nitriles is 1. The van der Waals surface area contributed by atoms with Crippen molar-refractivity contribution < 1.29 is 4.74 Å². The van der Waals surface area contributed by atoms with Crippen molar-refractivity contribution in [2.45, 2.75) is 33.1 Å². The number of benzene rings is 1. The fourth-order valence-corrected chi connectivity index (χ4v) is 2.27. The molecule has 4 nitrogen and oxygen atoms in total. The Bertz CT molecular complexity index is 654. The van der Waals surface area contributed by atoms with E-state index < -0.39 is 5.41 Å². The maximum absolute atomic E-state index is 9.16. The molecule has 0 spiro atoms. The molecule has 0 saturated heterocycles. The topological polar surface area (TPSA) is 61.7 Å². The summed E-state index contributed by atoms with van der Waals surface area (Å²) >= 11 is 0. The van der Waals surface area contributed by atoms with Crippen molar-refractivity contribution in [1.29, 1.82) is 5.26 Å². The molecule has 0 aliphatic carbocycles. The summed E-state index contributed by atoms with van der Waals surface area (Å²) in [7, 11) is 1.68. The van der Waals surface area contributed by atoms with Gasteiger partial charge in [-0.2, -0.15) is 5.26 Å². The first-order chi connectivity index (χ1) is 9.39. The van der Waals surface area contributed by atoms with Gasteiger partial charge in [0.2, 0.25) is 0 Å². The zero-order valence-corrected chi connectivity index (χ0v) is 12.5. The molecule has 0 aliphatic rings. The molecule has 104 valence electrons. The first-order valence-corrected chi connectivity index (χ1v) is 6.51. The van der Waals surface area contributed by atoms with E-state index in [9.17, 15) is 0 Å². The molecule has 1 heterocycles. The molecule has 1 aromatic carbocycles. The molecule has 0 unspecified atom stereocenters. The second-order valence-electron chi connectivity index (χ2n) is 5.53. The lowest BCUT2D eigenvalue weighted by atomic mass is 9.95. The Morgan fingerprint density at radius 3 is 2.35 bits per heavy atom. The summed E-state index contributed by atoms with van der Waals surface area (Å²) in [5, 5.41) is 9.16. The number of methoxy groups -OCH3 is 1. The number of H-pyrrole nitrogens is 1. The molecule has 4 heteroatoms. The van der Waals surface area contributed by atoms with E-state index in [0.29, 0.717) is 5.82 Å². The van der Waals surface area contributed by atoms with Crippen LogP contribution in [0.5, 0.6) is 5.75 Å². The summed E-state index contributed by atoms with van der Waals surface area (Å²) < 4.78 is 5.37. The summed E-state index contributed by atoms with van der Waals surface area (Å²) in [6, 6.07) is 6.37. The van der Waals surface area contributed by atoms with Crippen LogP contribution in [0.4, 0.5) is 0 Å². The fraction of sp³-hybridized carbons (Fsp3) is 0.375. The Morgan fingerprint density at radius 2 is 1.85 bits per heavy atom. The molecule has 0 radical (unpaired) electrons. The van der Waals surface area contributed by atoms with E-state index in [4.69, 9.17) is 10.00 Å². The van der Waals surface area contributed by atoms with Gasteiger partial charge in [0.1, 0.15) is 17.0 Å². The number of aryl methyl sites for hydroxylation is 2. The second-order valence-corrected chi connectivity index (χ2v) is 5.53. The van der Waals surface area contributed by atoms with Crippen LogP contribution >= 0.6 is 0 Å². The Labute approximate surface area is 119 Å². The van der Waals surface area contributed by atoms with E-state index in [-0.39, 0.29) is 0 Å². The number of hydrogen-bond acceptors (Lipinski definition) is 3. The minimum atomic E-state index is -0.616. The van der Waals surface area contributed by atoms with Gasteiger partial charge in [-0.3, -0.25) is 0 Å². The number of ether oxygens (including phenoxy) is 1. The summed E-state index contributed by atoms with van der Waals surface area (Å²) in [6.45, 7) is 7.73. The van der Waals surface area contributed by atoms with E-state index in [0.717, 1.165) is 28.1 Å². The van der Waals surface area contributed by atoms with Gasteiger partial charge in [0.15, 0.2) is 0 Å². The zero-order chi connectivity index (χ0) is 14.9. The molecule has 0 fully saturated rings. The van der Waals surface area contributed by atoms with Crippen molar-refractivity contribution in [2.75, 3.05) is 7.11 Å². The van der Waals surface area contributed by atoms with Gasteiger partial charge in [0, 0.05) is 5.56 Å². The van der Waals surface area contributed by atoms with Gasteiger partial charge in [0.25, 0.3) is 0 Å². The smallest absolute Gasteiger partial charge is 0.126 e. The molecular weight excluding hydrogens is 250 g/mol. The molecule has 20 heavy (non-hydrogen) atoms. The molecule has 2 aromatic rings. The molecule has 1 N–H and O–H groups in total. The van der Waals surface area contributed by atoms with E-state index in [1.807, 2.05) is 27.7 Å². The number of imidazole rings is 1. The highest BCUT2D eigenvalue weighted by atomic mass is 16.5. The standard InChI is InChI=1S/C16H19N3O/c1-10-6-12(7-11(2)14(10)20-5)13-8-18-15(19-13)16(3,4)9-17/h6-8H,1-5H3,(H,18,19). The molecular formula is C16H19N3O. The van der Waals surface area contributed by atoms with Gasteiger partial charge in [-0.15, -0.1) is 0 Å². The van der Waals surface area contributed by atoms with Crippen LogP contribution in [0.25, 0.3) is 11.3 Å². The van der Waals surface area contributed by atoms with Crippen LogP contribution in [0.15, 0.2) is 18.3 Å². The van der Waals surface area contributed by atoms with Crippen LogP contribution < -0.4 is 4.74 Å². The third-order valence-corrected chi connectivity index (χ3v) is 3.42. The van der Waals surface area contributed by atoms with Crippen molar-refractivity contribution in [2.24, 2.45) is 0 Å². The lowest BCUT2D eigenvalue weighted by Gasteiger charge is -2.12. The number of aromatic nitrogens is 2. The minimum Gasteiger partial charge on any atom is -0.496 e. The van der Waals surface area contributed by atoms with Gasteiger partial charge in [0.05, 0.1) is 25.1 Å². The lowest BCUT2D eigenvalue weighted by molar-refractivity contribution is 0.408. The van der Waals surface area contributed by atoms with E-state index in [2.05, 4.69) is 28.2 Å². The molecule has 0 saturated carbocycles. The number of nitrogens with one attached hydrogen (secondary N) is 1.